The molecule has 0 amide bonds. The van der Waals surface area contributed by atoms with E-state index in [1.54, 1.807) is 13.8 Å². The van der Waals surface area contributed by atoms with Crippen LogP contribution < -0.4 is 0 Å². The maximum absolute atomic E-state index is 12.3. The number of Topliss-reactive ketones (excluding diaryl/α,β-unsaturated/α-hetero) is 1. The Bertz CT molecular complexity index is 596. The largest absolute Gasteiger partial charge is 0.299 e. The average molecular weight is 323 g/mol. The molecule has 1 aromatic rings. The van der Waals surface area contributed by atoms with E-state index in [2.05, 4.69) is 4.90 Å². The van der Waals surface area contributed by atoms with Gasteiger partial charge in [-0.05, 0) is 33.2 Å². The highest BCUT2D eigenvalue weighted by Crippen LogP contribution is 2.22. The Balaban J connectivity index is 1.92. The molecule has 0 unspecified atom stereocenters. The lowest BCUT2D eigenvalue weighted by Gasteiger charge is -2.24. The third-order valence-electron chi connectivity index (χ3n) is 4.40. The molecular weight excluding hydrogens is 298 g/mol. The lowest BCUT2D eigenvalue weighted by atomic mass is 10.0. The van der Waals surface area contributed by atoms with Gasteiger partial charge in [0.25, 0.3) is 0 Å². The topological polar surface area (TPSA) is 54.5 Å². The lowest BCUT2D eigenvalue weighted by Crippen LogP contribution is -2.36. The van der Waals surface area contributed by atoms with Gasteiger partial charge in [-0.25, -0.2) is 8.42 Å². The van der Waals surface area contributed by atoms with Crippen molar-refractivity contribution >= 4 is 15.6 Å². The highest BCUT2D eigenvalue weighted by molar-refractivity contribution is 7.92. The minimum absolute atomic E-state index is 0.143. The van der Waals surface area contributed by atoms with Crippen molar-refractivity contribution in [1.29, 1.82) is 0 Å². The Morgan fingerprint density at radius 3 is 2.59 bits per heavy atom. The highest BCUT2D eigenvalue weighted by atomic mass is 32.2. The van der Waals surface area contributed by atoms with Gasteiger partial charge in [0.1, 0.15) is 0 Å². The van der Waals surface area contributed by atoms with Gasteiger partial charge in [0, 0.05) is 24.6 Å². The summed E-state index contributed by atoms with van der Waals surface area (Å²) in [6.07, 6.45) is 2.49. The van der Waals surface area contributed by atoms with Crippen molar-refractivity contribution in [2.24, 2.45) is 0 Å². The summed E-state index contributed by atoms with van der Waals surface area (Å²) in [4.78, 5) is 14.5. The van der Waals surface area contributed by atoms with Gasteiger partial charge >= 0.3 is 0 Å². The van der Waals surface area contributed by atoms with Gasteiger partial charge in [0.05, 0.1) is 11.0 Å². The van der Waals surface area contributed by atoms with E-state index in [1.807, 2.05) is 30.3 Å². The molecular formula is C17H25NO3S. The maximum atomic E-state index is 12.3. The Morgan fingerprint density at radius 1 is 1.27 bits per heavy atom. The molecule has 0 saturated carbocycles. The minimum atomic E-state index is -3.02. The monoisotopic (exact) mass is 323 g/mol. The number of sulfone groups is 1. The number of hydrogen-bond donors (Lipinski definition) is 0. The zero-order valence-electron chi connectivity index (χ0n) is 13.4. The fourth-order valence-corrected chi connectivity index (χ4v) is 3.82. The van der Waals surface area contributed by atoms with Crippen molar-refractivity contribution in [2.75, 3.05) is 18.8 Å². The zero-order valence-corrected chi connectivity index (χ0v) is 14.2. The molecule has 0 aromatic heterocycles. The molecule has 1 fully saturated rings. The van der Waals surface area contributed by atoms with E-state index >= 15 is 0 Å². The van der Waals surface area contributed by atoms with Crippen molar-refractivity contribution in [3.05, 3.63) is 35.9 Å². The van der Waals surface area contributed by atoms with Crippen LogP contribution in [0.5, 0.6) is 0 Å². The van der Waals surface area contributed by atoms with Crippen LogP contribution in [0.4, 0.5) is 0 Å². The molecule has 1 aliphatic heterocycles. The van der Waals surface area contributed by atoms with Crippen molar-refractivity contribution in [1.82, 2.24) is 4.90 Å². The summed E-state index contributed by atoms with van der Waals surface area (Å²) in [7, 11) is -3.02. The molecule has 1 aromatic carbocycles. The van der Waals surface area contributed by atoms with Crippen LogP contribution in [0.3, 0.4) is 0 Å². The Labute approximate surface area is 133 Å². The third kappa shape index (κ3) is 4.40. The number of carbonyl (C=O) groups excluding carboxylic acids is 1. The third-order valence-corrected chi connectivity index (χ3v) is 6.59. The van der Waals surface area contributed by atoms with E-state index in [-0.39, 0.29) is 22.8 Å². The Kier molecular flexibility index (Phi) is 5.75. The summed E-state index contributed by atoms with van der Waals surface area (Å²) < 4.78 is 23.9. The first-order chi connectivity index (χ1) is 10.4. The molecule has 1 saturated heterocycles. The summed E-state index contributed by atoms with van der Waals surface area (Å²) in [5, 5.41) is -0.334. The zero-order chi connectivity index (χ0) is 16.2. The first-order valence-corrected chi connectivity index (χ1v) is 9.65. The van der Waals surface area contributed by atoms with Crippen molar-refractivity contribution in [3.63, 3.8) is 0 Å². The number of carbonyl (C=O) groups is 1. The number of benzene rings is 1. The molecule has 1 heterocycles. The van der Waals surface area contributed by atoms with Crippen LogP contribution in [0.15, 0.2) is 30.3 Å². The number of hydrogen-bond acceptors (Lipinski definition) is 4. The molecule has 0 radical (unpaired) electrons. The molecule has 1 atom stereocenters. The molecule has 2 rings (SSSR count). The predicted molar refractivity (Wildman–Crippen MR) is 88.9 cm³/mol. The van der Waals surface area contributed by atoms with E-state index in [0.717, 1.165) is 24.9 Å². The first kappa shape index (κ1) is 17.2. The number of likely N-dealkylation sites (tertiary alicyclic amines) is 1. The molecule has 122 valence electrons. The van der Waals surface area contributed by atoms with Gasteiger partial charge in [0.15, 0.2) is 15.6 Å². The fourth-order valence-electron chi connectivity index (χ4n) is 2.86. The van der Waals surface area contributed by atoms with Crippen molar-refractivity contribution in [2.45, 2.75) is 44.4 Å². The normalized spacial score (nSPS) is 19.7. The second-order valence-corrected chi connectivity index (χ2v) is 8.92. The molecule has 4 nitrogen and oxygen atoms in total. The smallest absolute Gasteiger partial charge is 0.164 e. The highest BCUT2D eigenvalue weighted by Gasteiger charge is 2.28. The second kappa shape index (κ2) is 7.38. The Hall–Kier alpha value is -1.20. The number of nitrogens with zero attached hydrogens (tertiary/aromatic N) is 1. The van der Waals surface area contributed by atoms with Crippen molar-refractivity contribution < 1.29 is 13.2 Å². The van der Waals surface area contributed by atoms with E-state index < -0.39 is 9.84 Å². The molecule has 0 aliphatic carbocycles. The molecule has 0 N–H and O–H groups in total. The van der Waals surface area contributed by atoms with Crippen LogP contribution in [-0.4, -0.2) is 49.2 Å². The minimum Gasteiger partial charge on any atom is -0.299 e. The standard InChI is InChI=1S/C17H25NO3S/c1-14(2)22(20,21)12-11-18-10-6-9-16(18)13-17(19)15-7-4-3-5-8-15/h3-5,7-8,14,16H,6,9-13H2,1-2H3/t16-/m0/s1. The lowest BCUT2D eigenvalue weighted by molar-refractivity contribution is 0.0944. The first-order valence-electron chi connectivity index (χ1n) is 7.94. The summed E-state index contributed by atoms with van der Waals surface area (Å²) in [5.41, 5.74) is 0.740. The van der Waals surface area contributed by atoms with Gasteiger partial charge in [-0.1, -0.05) is 30.3 Å². The number of ketones is 1. The van der Waals surface area contributed by atoms with Gasteiger partial charge in [0.2, 0.25) is 0 Å². The van der Waals surface area contributed by atoms with Crippen LogP contribution in [0.1, 0.15) is 43.5 Å². The van der Waals surface area contributed by atoms with Gasteiger partial charge in [-0.3, -0.25) is 9.69 Å². The van der Waals surface area contributed by atoms with Gasteiger partial charge in [-0.15, -0.1) is 0 Å². The number of rotatable bonds is 7. The molecule has 0 spiro atoms. The Morgan fingerprint density at radius 2 is 1.95 bits per heavy atom. The van der Waals surface area contributed by atoms with Crippen molar-refractivity contribution in [3.8, 4) is 0 Å². The van der Waals surface area contributed by atoms with E-state index in [0.29, 0.717) is 13.0 Å². The van der Waals surface area contributed by atoms with Gasteiger partial charge < -0.3 is 0 Å². The van der Waals surface area contributed by atoms with Crippen LogP contribution >= 0.6 is 0 Å². The van der Waals surface area contributed by atoms with Crippen LogP contribution in [0.25, 0.3) is 0 Å². The summed E-state index contributed by atoms with van der Waals surface area (Å²) in [6.45, 7) is 4.86. The quantitative estimate of drug-likeness (QED) is 0.724. The van der Waals surface area contributed by atoms with E-state index in [1.165, 1.54) is 0 Å². The van der Waals surface area contributed by atoms with E-state index in [4.69, 9.17) is 0 Å². The molecule has 22 heavy (non-hydrogen) atoms. The van der Waals surface area contributed by atoms with E-state index in [9.17, 15) is 13.2 Å². The van der Waals surface area contributed by atoms with Crippen LogP contribution in [0, 0.1) is 0 Å². The maximum Gasteiger partial charge on any atom is 0.164 e. The predicted octanol–water partition coefficient (Wildman–Crippen LogP) is 2.55. The SMILES string of the molecule is CC(C)S(=O)(=O)CCN1CCC[C@H]1CC(=O)c1ccccc1. The van der Waals surface area contributed by atoms with Crippen LogP contribution in [-0.2, 0) is 9.84 Å². The molecule has 5 heteroatoms. The average Bonchev–Trinajstić information content (AvgIpc) is 2.93. The molecule has 0 bridgehead atoms. The van der Waals surface area contributed by atoms with Gasteiger partial charge in [-0.2, -0.15) is 0 Å². The van der Waals surface area contributed by atoms with Crippen LogP contribution in [0.2, 0.25) is 0 Å². The summed E-state index contributed by atoms with van der Waals surface area (Å²) in [6, 6.07) is 9.49. The second-order valence-electron chi connectivity index (χ2n) is 6.24. The summed E-state index contributed by atoms with van der Waals surface area (Å²) in [5.74, 6) is 0.324. The fraction of sp³-hybridized carbons (Fsp3) is 0.588. The summed E-state index contributed by atoms with van der Waals surface area (Å²) >= 11 is 0. The molecule has 1 aliphatic rings.